The fraction of sp³-hybridized carbons (Fsp3) is 0.500. The summed E-state index contributed by atoms with van der Waals surface area (Å²) in [7, 11) is 3.27. The summed E-state index contributed by atoms with van der Waals surface area (Å²) in [5.41, 5.74) is 3.34. The Hall–Kier alpha value is -3.00. The summed E-state index contributed by atoms with van der Waals surface area (Å²) < 4.78 is 15.8. The van der Waals surface area contributed by atoms with Gasteiger partial charge in [-0.1, -0.05) is 6.07 Å². The molecule has 32 heavy (non-hydrogen) atoms. The van der Waals surface area contributed by atoms with Gasteiger partial charge in [-0.15, -0.1) is 0 Å². The molecule has 0 aliphatic carbocycles. The minimum Gasteiger partial charge on any atom is -0.493 e. The van der Waals surface area contributed by atoms with Crippen molar-refractivity contribution in [2.24, 2.45) is 0 Å². The summed E-state index contributed by atoms with van der Waals surface area (Å²) >= 11 is 0. The van der Waals surface area contributed by atoms with Gasteiger partial charge in [-0.25, -0.2) is 4.79 Å². The van der Waals surface area contributed by atoms with E-state index in [1.807, 2.05) is 18.2 Å². The van der Waals surface area contributed by atoms with Crippen LogP contribution in [0.15, 0.2) is 18.2 Å². The zero-order valence-corrected chi connectivity index (χ0v) is 19.5. The highest BCUT2D eigenvalue weighted by atomic mass is 16.5. The molecular weight excluding hydrogens is 410 g/mol. The highest BCUT2D eigenvalue weighted by molar-refractivity contribution is 6.01. The highest BCUT2D eigenvalue weighted by Gasteiger charge is 2.26. The number of aromatic amines is 1. The van der Waals surface area contributed by atoms with Crippen molar-refractivity contribution in [1.82, 2.24) is 15.2 Å². The maximum Gasteiger partial charge on any atom is 0.355 e. The molecule has 2 heterocycles. The van der Waals surface area contributed by atoms with E-state index in [2.05, 4.69) is 15.2 Å². The van der Waals surface area contributed by atoms with Crippen molar-refractivity contribution in [3.63, 3.8) is 0 Å². The van der Waals surface area contributed by atoms with Crippen LogP contribution < -0.4 is 14.8 Å². The van der Waals surface area contributed by atoms with Gasteiger partial charge in [-0.05, 0) is 56.9 Å². The molecular formula is C24H33N3O5. The predicted octanol–water partition coefficient (Wildman–Crippen LogP) is 3.22. The minimum atomic E-state index is -0.435. The summed E-state index contributed by atoms with van der Waals surface area (Å²) in [5, 5.41) is 3.14. The third-order valence-corrected chi connectivity index (χ3v) is 5.92. The minimum absolute atomic E-state index is 0.101. The van der Waals surface area contributed by atoms with E-state index in [-0.39, 0.29) is 11.9 Å². The van der Waals surface area contributed by atoms with Crippen molar-refractivity contribution in [3.8, 4) is 11.5 Å². The Morgan fingerprint density at radius 3 is 2.44 bits per heavy atom. The first-order chi connectivity index (χ1) is 15.4. The largest absolute Gasteiger partial charge is 0.493 e. The van der Waals surface area contributed by atoms with Crippen LogP contribution in [-0.4, -0.2) is 61.7 Å². The quantitative estimate of drug-likeness (QED) is 0.609. The number of hydrogen-bond donors (Lipinski definition) is 2. The highest BCUT2D eigenvalue weighted by Crippen LogP contribution is 2.28. The van der Waals surface area contributed by atoms with Gasteiger partial charge in [-0.2, -0.15) is 0 Å². The number of benzene rings is 1. The fourth-order valence-electron chi connectivity index (χ4n) is 4.23. The van der Waals surface area contributed by atoms with Crippen molar-refractivity contribution in [2.75, 3.05) is 33.9 Å². The van der Waals surface area contributed by atoms with Crippen LogP contribution in [0.5, 0.6) is 11.5 Å². The molecule has 1 saturated heterocycles. The van der Waals surface area contributed by atoms with Gasteiger partial charge in [0.15, 0.2) is 11.5 Å². The molecule has 0 spiro atoms. The third-order valence-electron chi connectivity index (χ3n) is 5.92. The van der Waals surface area contributed by atoms with Gasteiger partial charge < -0.3 is 24.5 Å². The fourth-order valence-corrected chi connectivity index (χ4v) is 4.23. The van der Waals surface area contributed by atoms with Gasteiger partial charge in [-0.3, -0.25) is 9.69 Å². The van der Waals surface area contributed by atoms with Crippen molar-refractivity contribution in [3.05, 3.63) is 46.3 Å². The molecule has 1 amide bonds. The Kier molecular flexibility index (Phi) is 7.80. The van der Waals surface area contributed by atoms with Gasteiger partial charge in [0.2, 0.25) is 0 Å². The van der Waals surface area contributed by atoms with Crippen LogP contribution in [0.1, 0.15) is 57.4 Å². The van der Waals surface area contributed by atoms with Crippen LogP contribution in [-0.2, 0) is 11.3 Å². The Morgan fingerprint density at radius 1 is 1.12 bits per heavy atom. The number of methoxy groups -OCH3 is 2. The number of aryl methyl sites for hydroxylation is 1. The Bertz CT molecular complexity index is 961. The molecule has 1 fully saturated rings. The van der Waals surface area contributed by atoms with Crippen LogP contribution in [0.25, 0.3) is 0 Å². The summed E-state index contributed by atoms with van der Waals surface area (Å²) in [6.07, 6.45) is 1.73. The lowest BCUT2D eigenvalue weighted by Gasteiger charge is -2.32. The standard InChI is InChI=1S/C24H33N3O5/c1-6-32-24(29)22-15(2)21(16(3)25-22)23(28)26-18-9-11-27(12-10-18)14-17-7-8-19(30-4)20(13-17)31-5/h7-8,13,18,25H,6,9-12,14H2,1-5H3,(H,26,28). The Morgan fingerprint density at radius 2 is 1.81 bits per heavy atom. The molecule has 174 valence electrons. The van der Waals surface area contributed by atoms with Gasteiger partial charge in [0.05, 0.1) is 26.4 Å². The summed E-state index contributed by atoms with van der Waals surface area (Å²) in [6, 6.07) is 6.08. The number of carbonyl (C=O) groups is 2. The van der Waals surface area contributed by atoms with E-state index in [4.69, 9.17) is 14.2 Å². The van der Waals surface area contributed by atoms with Crippen LogP contribution in [0.2, 0.25) is 0 Å². The number of hydrogen-bond acceptors (Lipinski definition) is 6. The van der Waals surface area contributed by atoms with Crippen molar-refractivity contribution in [1.29, 1.82) is 0 Å². The van der Waals surface area contributed by atoms with Gasteiger partial charge in [0.1, 0.15) is 5.69 Å². The maximum atomic E-state index is 12.9. The number of likely N-dealkylation sites (tertiary alicyclic amines) is 1. The number of aromatic nitrogens is 1. The van der Waals surface area contributed by atoms with Crippen LogP contribution in [0.3, 0.4) is 0 Å². The number of piperidine rings is 1. The Balaban J connectivity index is 1.56. The van der Waals surface area contributed by atoms with Crippen LogP contribution in [0.4, 0.5) is 0 Å². The molecule has 1 aromatic heterocycles. The van der Waals surface area contributed by atoms with Crippen LogP contribution in [0, 0.1) is 13.8 Å². The number of nitrogens with zero attached hydrogens (tertiary/aromatic N) is 1. The van der Waals surface area contributed by atoms with Gasteiger partial charge >= 0.3 is 5.97 Å². The zero-order chi connectivity index (χ0) is 23.3. The molecule has 0 unspecified atom stereocenters. The number of amides is 1. The van der Waals surface area contributed by atoms with E-state index < -0.39 is 5.97 Å². The molecule has 1 aliphatic rings. The average molecular weight is 444 g/mol. The second-order valence-corrected chi connectivity index (χ2v) is 8.06. The number of carbonyl (C=O) groups excluding carboxylic acids is 2. The first kappa shape index (κ1) is 23.7. The van der Waals surface area contributed by atoms with Crippen molar-refractivity contribution in [2.45, 2.75) is 46.2 Å². The van der Waals surface area contributed by atoms with Crippen molar-refractivity contribution < 1.29 is 23.8 Å². The normalized spacial score (nSPS) is 14.8. The average Bonchev–Trinajstić information content (AvgIpc) is 3.09. The number of nitrogens with one attached hydrogen (secondary N) is 2. The van der Waals surface area contributed by atoms with E-state index in [0.717, 1.165) is 49.5 Å². The summed E-state index contributed by atoms with van der Waals surface area (Å²) in [5.74, 6) is 0.867. The molecule has 0 atom stereocenters. The predicted molar refractivity (Wildman–Crippen MR) is 122 cm³/mol. The molecule has 1 aromatic carbocycles. The second kappa shape index (κ2) is 10.5. The van der Waals surface area contributed by atoms with Gasteiger partial charge in [0, 0.05) is 31.4 Å². The molecule has 2 aromatic rings. The zero-order valence-electron chi connectivity index (χ0n) is 19.5. The lowest BCUT2D eigenvalue weighted by molar-refractivity contribution is 0.0519. The van der Waals surface area contributed by atoms with Crippen LogP contribution >= 0.6 is 0 Å². The molecule has 0 bridgehead atoms. The van der Waals surface area contributed by atoms with Crippen molar-refractivity contribution >= 4 is 11.9 Å². The van der Waals surface area contributed by atoms with E-state index in [9.17, 15) is 9.59 Å². The Labute approximate surface area is 189 Å². The first-order valence-corrected chi connectivity index (χ1v) is 11.0. The molecule has 0 saturated carbocycles. The molecule has 1 aliphatic heterocycles. The second-order valence-electron chi connectivity index (χ2n) is 8.06. The lowest BCUT2D eigenvalue weighted by Crippen LogP contribution is -2.44. The molecule has 0 radical (unpaired) electrons. The summed E-state index contributed by atoms with van der Waals surface area (Å²) in [4.78, 5) is 30.4. The summed E-state index contributed by atoms with van der Waals surface area (Å²) in [6.45, 7) is 8.22. The smallest absolute Gasteiger partial charge is 0.355 e. The SMILES string of the molecule is CCOC(=O)c1[nH]c(C)c(C(=O)NC2CCN(Cc3ccc(OC)c(OC)c3)CC2)c1C. The van der Waals surface area contributed by atoms with Gasteiger partial charge in [0.25, 0.3) is 5.91 Å². The topological polar surface area (TPSA) is 92.9 Å². The molecule has 3 rings (SSSR count). The van der Waals surface area contributed by atoms with E-state index >= 15 is 0 Å². The first-order valence-electron chi connectivity index (χ1n) is 11.0. The molecule has 8 nitrogen and oxygen atoms in total. The number of rotatable bonds is 8. The maximum absolute atomic E-state index is 12.9. The number of ether oxygens (including phenoxy) is 3. The third kappa shape index (κ3) is 5.24. The number of esters is 1. The molecule has 8 heteroatoms. The number of H-pyrrole nitrogens is 1. The van der Waals surface area contributed by atoms with E-state index in [0.29, 0.717) is 29.1 Å². The lowest BCUT2D eigenvalue weighted by atomic mass is 10.0. The van der Waals surface area contributed by atoms with E-state index in [1.54, 1.807) is 35.0 Å². The molecule has 2 N–H and O–H groups in total. The van der Waals surface area contributed by atoms with E-state index in [1.165, 1.54) is 0 Å². The monoisotopic (exact) mass is 443 g/mol.